The highest BCUT2D eigenvalue weighted by Crippen LogP contribution is 2.29. The largest absolute Gasteiger partial charge is 0.416 e. The van der Waals surface area contributed by atoms with Gasteiger partial charge in [0.05, 0.1) is 15.8 Å². The topological polar surface area (TPSA) is 33.2 Å². The fourth-order valence-corrected chi connectivity index (χ4v) is 3.25. The van der Waals surface area contributed by atoms with E-state index in [9.17, 15) is 18.0 Å². The Morgan fingerprint density at radius 3 is 2.50 bits per heavy atom. The van der Waals surface area contributed by atoms with E-state index in [0.29, 0.717) is 5.56 Å². The lowest BCUT2D eigenvalue weighted by Gasteiger charge is -2.15. The Morgan fingerprint density at radius 2 is 1.85 bits per heavy atom. The van der Waals surface area contributed by atoms with Gasteiger partial charge in [-0.1, -0.05) is 24.3 Å². The Morgan fingerprint density at radius 1 is 1.15 bits per heavy atom. The van der Waals surface area contributed by atoms with Gasteiger partial charge >= 0.3 is 6.18 Å². The highest BCUT2D eigenvalue weighted by atomic mass is 32.1. The van der Waals surface area contributed by atoms with Crippen LogP contribution in [0.2, 0.25) is 0 Å². The maximum absolute atomic E-state index is 12.6. The number of fused-ring (bicyclic) bond motifs is 1. The van der Waals surface area contributed by atoms with E-state index in [2.05, 4.69) is 4.98 Å². The van der Waals surface area contributed by atoms with Gasteiger partial charge in [0.1, 0.15) is 5.01 Å². The predicted octanol–water partition coefficient (Wildman–Crippen LogP) is 4.99. The van der Waals surface area contributed by atoms with E-state index in [1.165, 1.54) is 34.4 Å². The first-order valence-corrected chi connectivity index (χ1v) is 8.59. The second-order valence-corrected chi connectivity index (χ2v) is 6.80. The Labute approximate surface area is 152 Å². The molecule has 3 rings (SSSR count). The lowest BCUT2D eigenvalue weighted by atomic mass is 10.1. The van der Waals surface area contributed by atoms with Crippen LogP contribution in [0.5, 0.6) is 0 Å². The number of carbonyl (C=O) groups excluding carboxylic acids is 1. The maximum Gasteiger partial charge on any atom is 0.416 e. The number of hydrogen-bond donors (Lipinski definition) is 0. The van der Waals surface area contributed by atoms with E-state index in [1.54, 1.807) is 13.1 Å². The van der Waals surface area contributed by atoms with Crippen molar-refractivity contribution in [1.29, 1.82) is 0 Å². The number of nitrogens with zero attached hydrogens (tertiary/aromatic N) is 2. The van der Waals surface area contributed by atoms with E-state index in [0.717, 1.165) is 27.4 Å². The summed E-state index contributed by atoms with van der Waals surface area (Å²) in [4.78, 5) is 18.1. The quantitative estimate of drug-likeness (QED) is 0.601. The molecule has 0 fully saturated rings. The molecule has 1 aromatic heterocycles. The highest BCUT2D eigenvalue weighted by molar-refractivity contribution is 7.19. The van der Waals surface area contributed by atoms with Crippen molar-refractivity contribution in [2.45, 2.75) is 12.7 Å². The molecule has 0 atom stereocenters. The van der Waals surface area contributed by atoms with E-state index in [4.69, 9.17) is 0 Å². The average Bonchev–Trinajstić information content (AvgIpc) is 3.02. The Balaban J connectivity index is 1.64. The molecule has 1 amide bonds. The molecule has 7 heteroatoms. The van der Waals surface area contributed by atoms with Crippen molar-refractivity contribution in [3.8, 4) is 0 Å². The molecule has 0 bridgehead atoms. The van der Waals surface area contributed by atoms with Crippen molar-refractivity contribution in [2.24, 2.45) is 0 Å². The molecule has 0 saturated carbocycles. The first-order valence-electron chi connectivity index (χ1n) is 7.78. The van der Waals surface area contributed by atoms with Crippen LogP contribution < -0.4 is 0 Å². The predicted molar refractivity (Wildman–Crippen MR) is 96.6 cm³/mol. The van der Waals surface area contributed by atoms with Gasteiger partial charge in [-0.05, 0) is 35.9 Å². The molecule has 1 heterocycles. The maximum atomic E-state index is 12.6. The molecule has 26 heavy (non-hydrogen) atoms. The van der Waals surface area contributed by atoms with Gasteiger partial charge < -0.3 is 4.90 Å². The molecule has 0 aliphatic rings. The summed E-state index contributed by atoms with van der Waals surface area (Å²) in [5.74, 6) is -0.246. The van der Waals surface area contributed by atoms with Gasteiger partial charge in [0.15, 0.2) is 0 Å². The third-order valence-electron chi connectivity index (χ3n) is 3.76. The first kappa shape index (κ1) is 18.1. The molecule has 0 aliphatic heterocycles. The van der Waals surface area contributed by atoms with Gasteiger partial charge in [-0.2, -0.15) is 13.2 Å². The summed E-state index contributed by atoms with van der Waals surface area (Å²) in [6, 6.07) is 12.5. The number of aromatic nitrogens is 1. The fraction of sp³-hybridized carbons (Fsp3) is 0.158. The normalized spacial score (nSPS) is 12.0. The minimum absolute atomic E-state index is 0.223. The monoisotopic (exact) mass is 376 g/mol. The van der Waals surface area contributed by atoms with Crippen molar-refractivity contribution in [3.05, 3.63) is 70.7 Å². The fourth-order valence-electron chi connectivity index (χ4n) is 2.38. The number of alkyl halides is 3. The Kier molecular flexibility index (Phi) is 5.08. The second-order valence-electron chi connectivity index (χ2n) is 5.74. The molecule has 0 N–H and O–H groups in total. The smallest absolute Gasteiger partial charge is 0.338 e. The summed E-state index contributed by atoms with van der Waals surface area (Å²) in [5.41, 5.74) is 0.802. The van der Waals surface area contributed by atoms with Crippen LogP contribution in [0.1, 0.15) is 16.1 Å². The van der Waals surface area contributed by atoms with Gasteiger partial charge in [0, 0.05) is 19.7 Å². The van der Waals surface area contributed by atoms with Gasteiger partial charge in [0.2, 0.25) is 5.91 Å². The third kappa shape index (κ3) is 4.29. The number of benzene rings is 2. The van der Waals surface area contributed by atoms with Gasteiger partial charge in [-0.15, -0.1) is 11.3 Å². The van der Waals surface area contributed by atoms with E-state index in [1.807, 2.05) is 24.3 Å². The first-order chi connectivity index (χ1) is 12.3. The van der Waals surface area contributed by atoms with Crippen LogP contribution in [0.4, 0.5) is 13.2 Å². The molecule has 0 unspecified atom stereocenters. The number of halogens is 3. The van der Waals surface area contributed by atoms with Crippen molar-refractivity contribution in [2.75, 3.05) is 7.05 Å². The summed E-state index contributed by atoms with van der Waals surface area (Å²) in [5, 5.41) is 0.725. The summed E-state index contributed by atoms with van der Waals surface area (Å²) in [6.45, 7) is 0.223. The van der Waals surface area contributed by atoms with Crippen molar-refractivity contribution in [3.63, 3.8) is 0 Å². The summed E-state index contributed by atoms with van der Waals surface area (Å²) >= 11 is 1.48. The van der Waals surface area contributed by atoms with Gasteiger partial charge in [0.25, 0.3) is 0 Å². The molecule has 0 radical (unpaired) electrons. The number of likely N-dealkylation sites (N-methyl/N-ethyl adjacent to an activating group) is 1. The molecule has 3 aromatic rings. The van der Waals surface area contributed by atoms with E-state index in [-0.39, 0.29) is 12.5 Å². The Hall–Kier alpha value is -2.67. The van der Waals surface area contributed by atoms with Crippen LogP contribution in [0.3, 0.4) is 0 Å². The molecule has 134 valence electrons. The molecule has 3 nitrogen and oxygen atoms in total. The van der Waals surface area contributed by atoms with E-state index >= 15 is 0 Å². The number of hydrogen-bond acceptors (Lipinski definition) is 3. The average molecular weight is 376 g/mol. The third-order valence-corrected chi connectivity index (χ3v) is 4.76. The second kappa shape index (κ2) is 7.29. The molecule has 0 aliphatic carbocycles. The molecule has 2 aromatic carbocycles. The van der Waals surface area contributed by atoms with Crippen LogP contribution in [0, 0.1) is 0 Å². The SMILES string of the molecule is CN(Cc1ccc(C(F)(F)F)cc1)C(=O)/C=C/c1nc2ccccc2s1. The number of rotatable bonds is 4. The van der Waals surface area contributed by atoms with Gasteiger partial charge in [-0.25, -0.2) is 4.98 Å². The minimum Gasteiger partial charge on any atom is -0.338 e. The number of amides is 1. The zero-order valence-electron chi connectivity index (χ0n) is 13.8. The summed E-state index contributed by atoms with van der Waals surface area (Å²) in [7, 11) is 1.60. The highest BCUT2D eigenvalue weighted by Gasteiger charge is 2.29. The number of thiazole rings is 1. The Bertz CT molecular complexity index is 912. The zero-order valence-corrected chi connectivity index (χ0v) is 14.6. The lowest BCUT2D eigenvalue weighted by Crippen LogP contribution is -2.24. The van der Waals surface area contributed by atoms with Gasteiger partial charge in [-0.3, -0.25) is 4.79 Å². The van der Waals surface area contributed by atoms with Crippen molar-refractivity contribution in [1.82, 2.24) is 9.88 Å². The zero-order chi connectivity index (χ0) is 18.7. The molecule has 0 saturated heterocycles. The molecular weight excluding hydrogens is 361 g/mol. The standard InChI is InChI=1S/C19H15F3N2OS/c1-24(12-13-6-8-14(9-7-13)19(20,21)22)18(25)11-10-17-23-15-4-2-3-5-16(15)26-17/h2-11H,12H2,1H3/b11-10+. The van der Waals surface area contributed by atoms with Crippen LogP contribution in [-0.4, -0.2) is 22.8 Å². The lowest BCUT2D eigenvalue weighted by molar-refractivity contribution is -0.137. The van der Waals surface area contributed by atoms with E-state index < -0.39 is 11.7 Å². The van der Waals surface area contributed by atoms with Crippen LogP contribution in [0.15, 0.2) is 54.6 Å². The van der Waals surface area contributed by atoms with Crippen LogP contribution in [0.25, 0.3) is 16.3 Å². The minimum atomic E-state index is -4.36. The molecule has 0 spiro atoms. The summed E-state index contributed by atoms with van der Waals surface area (Å²) in [6.07, 6.45) is -1.29. The molecular formula is C19H15F3N2OS. The van der Waals surface area contributed by atoms with Crippen molar-refractivity contribution >= 4 is 33.5 Å². The summed E-state index contributed by atoms with van der Waals surface area (Å²) < 4.78 is 38.8. The number of carbonyl (C=O) groups is 1. The van der Waals surface area contributed by atoms with Crippen molar-refractivity contribution < 1.29 is 18.0 Å². The van der Waals surface area contributed by atoms with Crippen LogP contribution >= 0.6 is 11.3 Å². The van der Waals surface area contributed by atoms with Crippen LogP contribution in [-0.2, 0) is 17.5 Å². The number of para-hydroxylation sites is 1.